The summed E-state index contributed by atoms with van der Waals surface area (Å²) in [4.78, 5) is 29.6. The van der Waals surface area contributed by atoms with Crippen LogP contribution in [0.15, 0.2) is 29.2 Å². The van der Waals surface area contributed by atoms with Crippen LogP contribution in [0.25, 0.3) is 0 Å². The molecule has 0 spiro atoms. The van der Waals surface area contributed by atoms with E-state index in [1.54, 1.807) is 0 Å². The minimum Gasteiger partial charge on any atom is -0.274 e. The molecule has 1 aromatic heterocycles. The summed E-state index contributed by atoms with van der Waals surface area (Å²) in [5.74, 6) is -0.551. The molecular weight excluding hydrogens is 350 g/mol. The first kappa shape index (κ1) is 16.6. The van der Waals surface area contributed by atoms with Crippen molar-refractivity contribution in [1.82, 2.24) is 4.98 Å². The fourth-order valence-corrected chi connectivity index (χ4v) is 4.38. The Kier molecular flexibility index (Phi) is 4.14. The van der Waals surface area contributed by atoms with Gasteiger partial charge in [0.25, 0.3) is 10.0 Å². The zero-order valence-corrected chi connectivity index (χ0v) is 14.7. The summed E-state index contributed by atoms with van der Waals surface area (Å²) >= 11 is 1.26. The Balaban J connectivity index is 1.84. The molecule has 1 saturated heterocycles. The van der Waals surface area contributed by atoms with Gasteiger partial charge in [0, 0.05) is 17.7 Å². The number of thiazole rings is 1. The van der Waals surface area contributed by atoms with Crippen LogP contribution in [0, 0.1) is 13.8 Å². The first-order valence-corrected chi connectivity index (χ1v) is 9.50. The number of nitrogens with zero attached hydrogens (tertiary/aromatic N) is 2. The molecule has 9 heteroatoms. The van der Waals surface area contributed by atoms with Gasteiger partial charge in [-0.2, -0.15) is 0 Å². The van der Waals surface area contributed by atoms with Gasteiger partial charge in [0.1, 0.15) is 0 Å². The van der Waals surface area contributed by atoms with Gasteiger partial charge in [-0.25, -0.2) is 13.4 Å². The van der Waals surface area contributed by atoms with Crippen LogP contribution in [-0.4, -0.2) is 25.2 Å². The van der Waals surface area contributed by atoms with Gasteiger partial charge >= 0.3 is 0 Å². The number of anilines is 2. The summed E-state index contributed by atoms with van der Waals surface area (Å²) in [6.07, 6.45) is 0.367. The lowest BCUT2D eigenvalue weighted by atomic mass is 10.3. The van der Waals surface area contributed by atoms with Gasteiger partial charge < -0.3 is 0 Å². The van der Waals surface area contributed by atoms with E-state index in [0.29, 0.717) is 10.8 Å². The number of hydrogen-bond donors (Lipinski definition) is 1. The average Bonchev–Trinajstić information content (AvgIpc) is 3.01. The third-order valence-electron chi connectivity index (χ3n) is 3.71. The number of carbonyl (C=O) groups excluding carboxylic acids is 2. The standard InChI is InChI=1S/C15H15N3O4S2/c1-9-10(2)23-15(16-9)17-24(21,22)12-5-3-11(4-6-12)18-13(19)7-8-14(18)20/h3-6H,7-8H2,1-2H3,(H,16,17). The molecule has 0 atom stereocenters. The molecule has 3 rings (SSSR count). The zero-order chi connectivity index (χ0) is 17.5. The first-order chi connectivity index (χ1) is 11.3. The molecule has 1 aromatic carbocycles. The smallest absolute Gasteiger partial charge is 0.263 e. The lowest BCUT2D eigenvalue weighted by Crippen LogP contribution is -2.28. The topological polar surface area (TPSA) is 96.4 Å². The summed E-state index contributed by atoms with van der Waals surface area (Å²) in [7, 11) is -3.77. The molecule has 0 bridgehead atoms. The Morgan fingerprint density at radius 3 is 2.17 bits per heavy atom. The molecule has 1 aliphatic heterocycles. The fourth-order valence-electron chi connectivity index (χ4n) is 2.33. The lowest BCUT2D eigenvalue weighted by Gasteiger charge is -2.14. The Hall–Kier alpha value is -2.26. The summed E-state index contributed by atoms with van der Waals surface area (Å²) < 4.78 is 27.2. The van der Waals surface area contributed by atoms with E-state index in [4.69, 9.17) is 0 Å². The van der Waals surface area contributed by atoms with Gasteiger partial charge in [0.15, 0.2) is 5.13 Å². The monoisotopic (exact) mass is 365 g/mol. The van der Waals surface area contributed by atoms with Crippen molar-refractivity contribution < 1.29 is 18.0 Å². The van der Waals surface area contributed by atoms with E-state index in [9.17, 15) is 18.0 Å². The number of nitrogens with one attached hydrogen (secondary N) is 1. The third-order valence-corrected chi connectivity index (χ3v) is 6.18. The molecule has 2 heterocycles. The quantitative estimate of drug-likeness (QED) is 0.838. The van der Waals surface area contributed by atoms with E-state index in [-0.39, 0.29) is 29.6 Å². The lowest BCUT2D eigenvalue weighted by molar-refractivity contribution is -0.121. The number of hydrogen-bond acceptors (Lipinski definition) is 6. The second-order valence-corrected chi connectivity index (χ2v) is 8.27. The molecule has 0 radical (unpaired) electrons. The van der Waals surface area contributed by atoms with E-state index in [1.807, 2.05) is 13.8 Å². The largest absolute Gasteiger partial charge is 0.274 e. The van der Waals surface area contributed by atoms with Crippen LogP contribution >= 0.6 is 11.3 Å². The van der Waals surface area contributed by atoms with Crippen molar-refractivity contribution in [3.05, 3.63) is 34.8 Å². The van der Waals surface area contributed by atoms with Crippen molar-refractivity contribution in [1.29, 1.82) is 0 Å². The van der Waals surface area contributed by atoms with Gasteiger partial charge in [0.2, 0.25) is 11.8 Å². The predicted molar refractivity (Wildman–Crippen MR) is 90.6 cm³/mol. The maximum Gasteiger partial charge on any atom is 0.263 e. The number of carbonyl (C=O) groups is 2. The van der Waals surface area contributed by atoms with Crippen molar-refractivity contribution in [3.63, 3.8) is 0 Å². The van der Waals surface area contributed by atoms with Crippen LogP contribution < -0.4 is 9.62 Å². The maximum atomic E-state index is 12.4. The highest BCUT2D eigenvalue weighted by atomic mass is 32.2. The summed E-state index contributed by atoms with van der Waals surface area (Å²) in [5, 5.41) is 0.305. The molecule has 2 aromatic rings. The summed E-state index contributed by atoms with van der Waals surface area (Å²) in [6.45, 7) is 3.67. The molecule has 1 fully saturated rings. The van der Waals surface area contributed by atoms with Crippen LogP contribution in [0.3, 0.4) is 0 Å². The van der Waals surface area contributed by atoms with Gasteiger partial charge in [-0.15, -0.1) is 11.3 Å². The van der Waals surface area contributed by atoms with E-state index in [2.05, 4.69) is 9.71 Å². The highest BCUT2D eigenvalue weighted by molar-refractivity contribution is 7.93. The van der Waals surface area contributed by atoms with Crippen molar-refractivity contribution in [2.75, 3.05) is 9.62 Å². The van der Waals surface area contributed by atoms with E-state index in [0.717, 1.165) is 15.5 Å². The molecule has 0 unspecified atom stereocenters. The number of benzene rings is 1. The fraction of sp³-hybridized carbons (Fsp3) is 0.267. The van der Waals surface area contributed by atoms with Crippen LogP contribution in [-0.2, 0) is 19.6 Å². The third kappa shape index (κ3) is 3.04. The molecule has 24 heavy (non-hydrogen) atoms. The van der Waals surface area contributed by atoms with E-state index < -0.39 is 10.0 Å². The summed E-state index contributed by atoms with van der Waals surface area (Å²) in [5.41, 5.74) is 1.15. The molecule has 0 aliphatic carbocycles. The Labute approximate surface area is 143 Å². The zero-order valence-electron chi connectivity index (χ0n) is 13.1. The highest BCUT2D eigenvalue weighted by Gasteiger charge is 2.30. The normalized spacial score (nSPS) is 15.2. The maximum absolute atomic E-state index is 12.4. The Morgan fingerprint density at radius 1 is 1.08 bits per heavy atom. The second kappa shape index (κ2) is 5.99. The van der Waals surface area contributed by atoms with E-state index >= 15 is 0 Å². The highest BCUT2D eigenvalue weighted by Crippen LogP contribution is 2.26. The average molecular weight is 365 g/mol. The van der Waals surface area contributed by atoms with E-state index in [1.165, 1.54) is 35.6 Å². The van der Waals surface area contributed by atoms with Crippen molar-refractivity contribution in [2.45, 2.75) is 31.6 Å². The number of imide groups is 1. The first-order valence-electron chi connectivity index (χ1n) is 7.20. The van der Waals surface area contributed by atoms with Crippen LogP contribution in [0.1, 0.15) is 23.4 Å². The minimum atomic E-state index is -3.77. The van der Waals surface area contributed by atoms with Gasteiger partial charge in [-0.3, -0.25) is 19.2 Å². The molecule has 1 aliphatic rings. The minimum absolute atomic E-state index is 0.0378. The predicted octanol–water partition coefficient (Wildman–Crippen LogP) is 2.21. The summed E-state index contributed by atoms with van der Waals surface area (Å²) in [6, 6.07) is 5.63. The molecule has 0 saturated carbocycles. The second-order valence-electron chi connectivity index (χ2n) is 5.38. The van der Waals surface area contributed by atoms with Crippen molar-refractivity contribution >= 4 is 44.0 Å². The Bertz CT molecular complexity index is 881. The van der Waals surface area contributed by atoms with Gasteiger partial charge in [0.05, 0.1) is 16.3 Å². The van der Waals surface area contributed by atoms with Gasteiger partial charge in [-0.1, -0.05) is 0 Å². The number of aryl methyl sites for hydroxylation is 2. The van der Waals surface area contributed by atoms with Crippen molar-refractivity contribution in [3.8, 4) is 0 Å². The number of sulfonamides is 1. The molecule has 126 valence electrons. The molecule has 1 N–H and O–H groups in total. The SMILES string of the molecule is Cc1nc(NS(=O)(=O)c2ccc(N3C(=O)CCC3=O)cc2)sc1C. The van der Waals surface area contributed by atoms with Crippen LogP contribution in [0.5, 0.6) is 0 Å². The van der Waals surface area contributed by atoms with Gasteiger partial charge in [-0.05, 0) is 38.1 Å². The number of aromatic nitrogens is 1. The number of amides is 2. The van der Waals surface area contributed by atoms with Crippen molar-refractivity contribution in [2.24, 2.45) is 0 Å². The van der Waals surface area contributed by atoms with Crippen LogP contribution in [0.4, 0.5) is 10.8 Å². The molecular formula is C15H15N3O4S2. The molecule has 2 amide bonds. The van der Waals surface area contributed by atoms with Crippen LogP contribution in [0.2, 0.25) is 0 Å². The Morgan fingerprint density at radius 2 is 1.67 bits per heavy atom. The molecule has 7 nitrogen and oxygen atoms in total. The number of rotatable bonds is 4.